The Kier molecular flexibility index (Phi) is 4.52. The highest BCUT2D eigenvalue weighted by Crippen LogP contribution is 2.28. The third-order valence-electron chi connectivity index (χ3n) is 3.05. The predicted molar refractivity (Wildman–Crippen MR) is 81.0 cm³/mol. The fourth-order valence-electron chi connectivity index (χ4n) is 2.05. The summed E-state index contributed by atoms with van der Waals surface area (Å²) in [7, 11) is 0. The standard InChI is InChI=1S/C14H12ClF2N5O/c15-12-3-2-11(6-13(12)23-14(16)17)22-8-10(19-20-22)7-21-5-1-4-18-9-21/h1-6,8,14H,7,9H2. The number of halogens is 3. The number of nitrogens with zero attached hydrogens (tertiary/aromatic N) is 5. The first-order chi connectivity index (χ1) is 11.1. The maximum atomic E-state index is 12.4. The smallest absolute Gasteiger partial charge is 0.387 e. The molecule has 0 aliphatic carbocycles. The molecule has 0 spiro atoms. The molecule has 23 heavy (non-hydrogen) atoms. The fourth-order valence-corrected chi connectivity index (χ4v) is 2.21. The average Bonchev–Trinajstić information content (AvgIpc) is 2.98. The van der Waals surface area contributed by atoms with Crippen LogP contribution in [0.1, 0.15) is 5.69 Å². The van der Waals surface area contributed by atoms with Crippen molar-refractivity contribution in [3.8, 4) is 11.4 Å². The van der Waals surface area contributed by atoms with Crippen LogP contribution in [0.4, 0.5) is 8.78 Å². The Hall–Kier alpha value is -2.48. The molecule has 0 unspecified atom stereocenters. The second kappa shape index (κ2) is 6.74. The molecule has 0 atom stereocenters. The Labute approximate surface area is 135 Å². The molecule has 1 aliphatic heterocycles. The van der Waals surface area contributed by atoms with E-state index in [0.717, 1.165) is 5.69 Å². The molecule has 120 valence electrons. The van der Waals surface area contributed by atoms with Gasteiger partial charge in [0.05, 0.1) is 23.5 Å². The molecular formula is C14H12ClF2N5O. The van der Waals surface area contributed by atoms with Gasteiger partial charge in [0.2, 0.25) is 0 Å². The van der Waals surface area contributed by atoms with E-state index < -0.39 is 6.61 Å². The highest BCUT2D eigenvalue weighted by Gasteiger charge is 2.12. The molecule has 2 heterocycles. The van der Waals surface area contributed by atoms with Crippen molar-refractivity contribution in [2.24, 2.45) is 4.99 Å². The molecule has 2 aromatic rings. The maximum Gasteiger partial charge on any atom is 0.387 e. The molecule has 9 heteroatoms. The van der Waals surface area contributed by atoms with Crippen LogP contribution in [0, 0.1) is 0 Å². The van der Waals surface area contributed by atoms with E-state index in [1.54, 1.807) is 18.5 Å². The van der Waals surface area contributed by atoms with Gasteiger partial charge in [0.25, 0.3) is 0 Å². The number of hydrogen-bond donors (Lipinski definition) is 0. The van der Waals surface area contributed by atoms with Gasteiger partial charge in [-0.3, -0.25) is 4.99 Å². The summed E-state index contributed by atoms with van der Waals surface area (Å²) in [5.74, 6) is -0.107. The van der Waals surface area contributed by atoms with Crippen molar-refractivity contribution in [1.82, 2.24) is 19.9 Å². The fraction of sp³-hybridized carbons (Fsp3) is 0.214. The molecule has 0 radical (unpaired) electrons. The first kappa shape index (κ1) is 15.4. The van der Waals surface area contributed by atoms with Gasteiger partial charge >= 0.3 is 6.61 Å². The molecule has 0 bridgehead atoms. The first-order valence-corrected chi connectivity index (χ1v) is 7.06. The summed E-state index contributed by atoms with van der Waals surface area (Å²) in [5.41, 5.74) is 1.24. The number of aliphatic imine (C=N–C) groups is 1. The van der Waals surface area contributed by atoms with Crippen LogP contribution >= 0.6 is 11.6 Å². The highest BCUT2D eigenvalue weighted by molar-refractivity contribution is 6.32. The summed E-state index contributed by atoms with van der Waals surface area (Å²) in [4.78, 5) is 6.09. The van der Waals surface area contributed by atoms with E-state index in [2.05, 4.69) is 20.0 Å². The minimum absolute atomic E-state index is 0.103. The van der Waals surface area contributed by atoms with Gasteiger partial charge in [-0.2, -0.15) is 8.78 Å². The number of allylic oxidation sites excluding steroid dienone is 1. The Morgan fingerprint density at radius 3 is 2.96 bits per heavy atom. The van der Waals surface area contributed by atoms with Gasteiger partial charge in [-0.1, -0.05) is 16.8 Å². The number of ether oxygens (including phenoxy) is 1. The molecule has 6 nitrogen and oxygen atoms in total. The Balaban J connectivity index is 1.77. The summed E-state index contributed by atoms with van der Waals surface area (Å²) in [6.45, 7) is -1.85. The molecule has 1 aromatic carbocycles. The molecule has 3 rings (SSSR count). The van der Waals surface area contributed by atoms with Crippen molar-refractivity contribution < 1.29 is 13.5 Å². The summed E-state index contributed by atoms with van der Waals surface area (Å²) < 4.78 is 30.6. The van der Waals surface area contributed by atoms with Gasteiger partial charge in [-0.15, -0.1) is 5.10 Å². The largest absolute Gasteiger partial charge is 0.433 e. The molecule has 1 aliphatic rings. The minimum Gasteiger partial charge on any atom is -0.433 e. The van der Waals surface area contributed by atoms with Crippen LogP contribution in [0.15, 0.2) is 41.7 Å². The van der Waals surface area contributed by atoms with Gasteiger partial charge in [0.1, 0.15) is 18.1 Å². The van der Waals surface area contributed by atoms with Crippen LogP contribution in [0.2, 0.25) is 5.02 Å². The van der Waals surface area contributed by atoms with E-state index in [9.17, 15) is 8.78 Å². The lowest BCUT2D eigenvalue weighted by Gasteiger charge is -2.17. The van der Waals surface area contributed by atoms with Crippen molar-refractivity contribution in [3.63, 3.8) is 0 Å². The number of rotatable bonds is 5. The number of hydrogen-bond acceptors (Lipinski definition) is 5. The van der Waals surface area contributed by atoms with E-state index in [1.165, 1.54) is 16.8 Å². The van der Waals surface area contributed by atoms with E-state index in [0.29, 0.717) is 18.9 Å². The predicted octanol–water partition coefficient (Wildman–Crippen LogP) is 2.88. The molecular weight excluding hydrogens is 328 g/mol. The third-order valence-corrected chi connectivity index (χ3v) is 3.37. The lowest BCUT2D eigenvalue weighted by molar-refractivity contribution is -0.0497. The Morgan fingerprint density at radius 1 is 1.35 bits per heavy atom. The van der Waals surface area contributed by atoms with E-state index in [-0.39, 0.29) is 10.8 Å². The highest BCUT2D eigenvalue weighted by atomic mass is 35.5. The second-order valence-corrected chi connectivity index (χ2v) is 5.12. The summed E-state index contributed by atoms with van der Waals surface area (Å²) in [6, 6.07) is 4.50. The van der Waals surface area contributed by atoms with Crippen LogP contribution in [-0.4, -0.2) is 39.4 Å². The molecule has 1 aromatic heterocycles. The normalized spacial score (nSPS) is 13.8. The van der Waals surface area contributed by atoms with E-state index in [1.807, 2.05) is 17.2 Å². The molecule has 0 N–H and O–H groups in total. The van der Waals surface area contributed by atoms with Crippen molar-refractivity contribution in [2.45, 2.75) is 13.2 Å². The third kappa shape index (κ3) is 3.84. The summed E-state index contributed by atoms with van der Waals surface area (Å²) in [6.07, 6.45) is 7.18. The Bertz CT molecular complexity index is 747. The molecule has 0 saturated carbocycles. The van der Waals surface area contributed by atoms with Gasteiger partial charge in [0, 0.05) is 18.5 Å². The molecule has 0 fully saturated rings. The number of aromatic nitrogens is 3. The average molecular weight is 340 g/mol. The van der Waals surface area contributed by atoms with Gasteiger partial charge in [0.15, 0.2) is 0 Å². The topological polar surface area (TPSA) is 55.5 Å². The van der Waals surface area contributed by atoms with E-state index in [4.69, 9.17) is 11.6 Å². The lowest BCUT2D eigenvalue weighted by Crippen LogP contribution is -2.19. The first-order valence-electron chi connectivity index (χ1n) is 6.68. The number of benzene rings is 1. The van der Waals surface area contributed by atoms with Crippen LogP contribution in [0.3, 0.4) is 0 Å². The lowest BCUT2D eigenvalue weighted by atomic mass is 10.3. The van der Waals surface area contributed by atoms with Crippen LogP contribution in [-0.2, 0) is 6.54 Å². The van der Waals surface area contributed by atoms with Crippen molar-refractivity contribution in [1.29, 1.82) is 0 Å². The zero-order valence-corrected chi connectivity index (χ0v) is 12.6. The SMILES string of the molecule is FC(F)Oc1cc(-n2cc(CN3C=CC=NC3)nn2)ccc1Cl. The van der Waals surface area contributed by atoms with Crippen molar-refractivity contribution in [2.75, 3.05) is 6.67 Å². The van der Waals surface area contributed by atoms with Crippen molar-refractivity contribution >= 4 is 17.8 Å². The zero-order chi connectivity index (χ0) is 16.2. The number of alkyl halides is 2. The van der Waals surface area contributed by atoms with Gasteiger partial charge in [-0.25, -0.2) is 4.68 Å². The van der Waals surface area contributed by atoms with Crippen LogP contribution in [0.25, 0.3) is 5.69 Å². The minimum atomic E-state index is -2.94. The zero-order valence-electron chi connectivity index (χ0n) is 11.8. The monoisotopic (exact) mass is 339 g/mol. The summed E-state index contributed by atoms with van der Waals surface area (Å²) >= 11 is 5.83. The van der Waals surface area contributed by atoms with Crippen LogP contribution < -0.4 is 4.74 Å². The van der Waals surface area contributed by atoms with E-state index >= 15 is 0 Å². The van der Waals surface area contributed by atoms with Crippen molar-refractivity contribution in [3.05, 3.63) is 47.4 Å². The molecule has 0 saturated heterocycles. The molecule has 0 amide bonds. The maximum absolute atomic E-state index is 12.4. The van der Waals surface area contributed by atoms with Crippen LogP contribution in [0.5, 0.6) is 5.75 Å². The quantitative estimate of drug-likeness (QED) is 0.840. The summed E-state index contributed by atoms with van der Waals surface area (Å²) in [5, 5.41) is 8.16. The van der Waals surface area contributed by atoms with Gasteiger partial charge < -0.3 is 9.64 Å². The van der Waals surface area contributed by atoms with Gasteiger partial charge in [-0.05, 0) is 18.2 Å². The Morgan fingerprint density at radius 2 is 2.22 bits per heavy atom. The second-order valence-electron chi connectivity index (χ2n) is 4.71.